The Bertz CT molecular complexity index is 232. The highest BCUT2D eigenvalue weighted by molar-refractivity contribution is 5.81. The molecule has 0 saturated carbocycles. The molecule has 0 amide bonds. The van der Waals surface area contributed by atoms with Crippen molar-refractivity contribution in [1.29, 1.82) is 0 Å². The molecule has 2 rings (SSSR count). The van der Waals surface area contributed by atoms with Crippen molar-refractivity contribution in [2.24, 2.45) is 4.99 Å². The number of fused-ring (bicyclic) bond motifs is 1. The van der Waals surface area contributed by atoms with E-state index in [1.54, 1.807) is 6.21 Å². The molecule has 1 atom stereocenters. The van der Waals surface area contributed by atoms with Crippen LogP contribution in [0.1, 0.15) is 13.3 Å². The Morgan fingerprint density at radius 3 is 3.27 bits per heavy atom. The maximum Gasteiger partial charge on any atom is 0.138 e. The van der Waals surface area contributed by atoms with Crippen LogP contribution in [-0.4, -0.2) is 30.5 Å². The molecule has 1 saturated heterocycles. The number of alkyl halides is 1. The van der Waals surface area contributed by atoms with E-state index in [0.29, 0.717) is 6.17 Å². The topological polar surface area (TPSA) is 15.4 Å². The number of allylic oxidation sites excluding steroid dienone is 2. The van der Waals surface area contributed by atoms with Gasteiger partial charge in [0.2, 0.25) is 0 Å². The Morgan fingerprint density at radius 2 is 2.64 bits per heavy atom. The molecule has 2 heterocycles. The van der Waals surface area contributed by atoms with Gasteiger partial charge in [-0.2, -0.15) is 0 Å². The molecule has 0 aliphatic carbocycles. The first-order valence-electron chi connectivity index (χ1n) is 3.94. The van der Waals surface area contributed by atoms with Gasteiger partial charge in [0.15, 0.2) is 0 Å². The number of hydrogen-bond donors (Lipinski definition) is 0. The molecule has 0 bridgehead atoms. The van der Waals surface area contributed by atoms with E-state index in [1.807, 2.05) is 0 Å². The van der Waals surface area contributed by atoms with Gasteiger partial charge in [0.25, 0.3) is 0 Å². The summed E-state index contributed by atoms with van der Waals surface area (Å²) in [4.78, 5) is 6.31. The lowest BCUT2D eigenvalue weighted by molar-refractivity contribution is 0.521. The molecule has 1 fully saturated rings. The number of halogens is 1. The quantitative estimate of drug-likeness (QED) is 0.548. The van der Waals surface area contributed by atoms with E-state index in [2.05, 4.69) is 16.8 Å². The third kappa shape index (κ3) is 0.951. The van der Waals surface area contributed by atoms with Crippen LogP contribution in [0.15, 0.2) is 16.3 Å². The maximum atomic E-state index is 12.3. The van der Waals surface area contributed by atoms with Crippen molar-refractivity contribution in [3.05, 3.63) is 11.3 Å². The molecule has 11 heavy (non-hydrogen) atoms. The standard InChI is InChI=1S/C8H11FN2/c1-2-7-6(3-9)4-10-8-5-11(7)8/h4,8H,2-3,5H2,1H3. The van der Waals surface area contributed by atoms with E-state index in [-0.39, 0.29) is 6.67 Å². The molecule has 60 valence electrons. The minimum absolute atomic E-state index is 0.347. The van der Waals surface area contributed by atoms with Crippen LogP contribution in [0.3, 0.4) is 0 Å². The Kier molecular flexibility index (Phi) is 1.44. The average molecular weight is 154 g/mol. The van der Waals surface area contributed by atoms with Crippen LogP contribution in [0.5, 0.6) is 0 Å². The predicted molar refractivity (Wildman–Crippen MR) is 42.3 cm³/mol. The molecule has 0 aromatic rings. The second-order valence-electron chi connectivity index (χ2n) is 2.87. The molecule has 0 aromatic carbocycles. The number of hydrogen-bond acceptors (Lipinski definition) is 2. The lowest BCUT2D eigenvalue weighted by Gasteiger charge is -2.13. The van der Waals surface area contributed by atoms with E-state index in [9.17, 15) is 4.39 Å². The second-order valence-corrected chi connectivity index (χ2v) is 2.87. The molecule has 0 radical (unpaired) electrons. The Hall–Kier alpha value is -0.860. The fourth-order valence-corrected chi connectivity index (χ4v) is 1.52. The summed E-state index contributed by atoms with van der Waals surface area (Å²) < 4.78 is 12.3. The first kappa shape index (κ1) is 6.83. The van der Waals surface area contributed by atoms with Gasteiger partial charge in [0.05, 0.1) is 6.54 Å². The zero-order valence-corrected chi connectivity index (χ0v) is 6.55. The number of aliphatic imine (C=N–C) groups is 1. The summed E-state index contributed by atoms with van der Waals surface area (Å²) in [7, 11) is 0. The van der Waals surface area contributed by atoms with Gasteiger partial charge in [0.1, 0.15) is 12.8 Å². The van der Waals surface area contributed by atoms with E-state index < -0.39 is 0 Å². The third-order valence-electron chi connectivity index (χ3n) is 2.18. The molecular weight excluding hydrogens is 143 g/mol. The summed E-state index contributed by atoms with van der Waals surface area (Å²) in [5.41, 5.74) is 1.91. The van der Waals surface area contributed by atoms with Crippen molar-refractivity contribution in [3.63, 3.8) is 0 Å². The average Bonchev–Trinajstić information content (AvgIpc) is 2.80. The summed E-state index contributed by atoms with van der Waals surface area (Å²) in [6, 6.07) is 0. The Labute approximate surface area is 65.4 Å². The van der Waals surface area contributed by atoms with Gasteiger partial charge in [-0.15, -0.1) is 0 Å². The zero-order valence-electron chi connectivity index (χ0n) is 6.55. The fourth-order valence-electron chi connectivity index (χ4n) is 1.52. The second kappa shape index (κ2) is 2.32. The molecule has 0 spiro atoms. The highest BCUT2D eigenvalue weighted by Gasteiger charge is 2.37. The van der Waals surface area contributed by atoms with E-state index in [1.165, 1.54) is 0 Å². The van der Waals surface area contributed by atoms with Crippen molar-refractivity contribution in [1.82, 2.24) is 4.90 Å². The molecule has 2 aliphatic rings. The first-order chi connectivity index (χ1) is 5.36. The molecule has 2 aliphatic heterocycles. The smallest absolute Gasteiger partial charge is 0.138 e. The fraction of sp³-hybridized carbons (Fsp3) is 0.625. The lowest BCUT2D eigenvalue weighted by atomic mass is 10.2. The van der Waals surface area contributed by atoms with Crippen molar-refractivity contribution >= 4 is 6.21 Å². The minimum Gasteiger partial charge on any atom is -0.347 e. The van der Waals surface area contributed by atoms with Gasteiger partial charge >= 0.3 is 0 Å². The molecule has 3 heteroatoms. The Balaban J connectivity index is 2.27. The predicted octanol–water partition coefficient (Wildman–Crippen LogP) is 1.35. The normalized spacial score (nSPS) is 27.5. The van der Waals surface area contributed by atoms with Crippen LogP contribution in [-0.2, 0) is 0 Å². The van der Waals surface area contributed by atoms with Crippen LogP contribution >= 0.6 is 0 Å². The SMILES string of the molecule is CCC1=C(CF)C=NC2CN12. The largest absolute Gasteiger partial charge is 0.347 e. The summed E-state index contributed by atoms with van der Waals surface area (Å²) >= 11 is 0. The summed E-state index contributed by atoms with van der Waals surface area (Å²) in [5.74, 6) is 0. The maximum absolute atomic E-state index is 12.3. The van der Waals surface area contributed by atoms with Gasteiger partial charge in [-0.25, -0.2) is 4.39 Å². The van der Waals surface area contributed by atoms with Crippen LogP contribution < -0.4 is 0 Å². The van der Waals surface area contributed by atoms with Crippen molar-refractivity contribution < 1.29 is 4.39 Å². The molecule has 1 unspecified atom stereocenters. The summed E-state index contributed by atoms with van der Waals surface area (Å²) in [6.45, 7) is 2.67. The molecular formula is C8H11FN2. The Morgan fingerprint density at radius 1 is 1.82 bits per heavy atom. The number of nitrogens with zero attached hydrogens (tertiary/aromatic N) is 2. The monoisotopic (exact) mass is 154 g/mol. The third-order valence-corrected chi connectivity index (χ3v) is 2.18. The van der Waals surface area contributed by atoms with Gasteiger partial charge < -0.3 is 4.90 Å². The first-order valence-corrected chi connectivity index (χ1v) is 3.94. The number of rotatable bonds is 2. The van der Waals surface area contributed by atoms with Crippen molar-refractivity contribution in [2.45, 2.75) is 19.5 Å². The van der Waals surface area contributed by atoms with Crippen LogP contribution in [0.4, 0.5) is 4.39 Å². The van der Waals surface area contributed by atoms with Gasteiger partial charge in [0, 0.05) is 17.5 Å². The van der Waals surface area contributed by atoms with Gasteiger partial charge in [-0.05, 0) is 6.42 Å². The summed E-state index contributed by atoms with van der Waals surface area (Å²) in [5, 5.41) is 0. The van der Waals surface area contributed by atoms with Crippen LogP contribution in [0.2, 0.25) is 0 Å². The van der Waals surface area contributed by atoms with E-state index >= 15 is 0 Å². The molecule has 2 nitrogen and oxygen atoms in total. The summed E-state index contributed by atoms with van der Waals surface area (Å²) in [6.07, 6.45) is 2.95. The minimum atomic E-state index is -0.379. The highest BCUT2D eigenvalue weighted by Crippen LogP contribution is 2.31. The van der Waals surface area contributed by atoms with Crippen molar-refractivity contribution in [3.8, 4) is 0 Å². The van der Waals surface area contributed by atoms with Crippen LogP contribution in [0, 0.1) is 0 Å². The molecule has 0 N–H and O–H groups in total. The van der Waals surface area contributed by atoms with Gasteiger partial charge in [-0.3, -0.25) is 4.99 Å². The van der Waals surface area contributed by atoms with E-state index in [0.717, 1.165) is 24.2 Å². The lowest BCUT2D eigenvalue weighted by Crippen LogP contribution is -2.10. The van der Waals surface area contributed by atoms with Crippen LogP contribution in [0.25, 0.3) is 0 Å². The van der Waals surface area contributed by atoms with Gasteiger partial charge in [-0.1, -0.05) is 6.92 Å². The zero-order chi connectivity index (χ0) is 7.84. The highest BCUT2D eigenvalue weighted by atomic mass is 19.1. The molecule has 0 aromatic heterocycles. The van der Waals surface area contributed by atoms with Crippen molar-refractivity contribution in [2.75, 3.05) is 13.2 Å². The van der Waals surface area contributed by atoms with E-state index in [4.69, 9.17) is 0 Å².